The smallest absolute Gasteiger partial charge is 0.252 e. The van der Waals surface area contributed by atoms with Gasteiger partial charge in [-0.15, -0.1) is 11.3 Å². The second kappa shape index (κ2) is 5.58. The maximum absolute atomic E-state index is 11.6. The molecule has 1 unspecified atom stereocenters. The zero-order valence-corrected chi connectivity index (χ0v) is 11.3. The first-order valence-electron chi connectivity index (χ1n) is 4.32. The summed E-state index contributed by atoms with van der Waals surface area (Å²) in [6.45, 7) is 2.35. The molecule has 1 aromatic rings. The van der Waals surface area contributed by atoms with Crippen LogP contribution in [0.5, 0.6) is 0 Å². The Labute approximate surface area is 106 Å². The third-order valence-electron chi connectivity index (χ3n) is 1.88. The maximum atomic E-state index is 11.6. The molecule has 0 aliphatic heterocycles. The maximum Gasteiger partial charge on any atom is 0.252 e. The summed E-state index contributed by atoms with van der Waals surface area (Å²) in [6.07, 6.45) is 0. The molecule has 0 saturated heterocycles. The lowest BCUT2D eigenvalue weighted by molar-refractivity contribution is 0.0952. The van der Waals surface area contributed by atoms with Gasteiger partial charge in [-0.25, -0.2) is 0 Å². The summed E-state index contributed by atoms with van der Waals surface area (Å²) in [5.41, 5.74) is 6.09. The van der Waals surface area contributed by atoms with Gasteiger partial charge in [-0.3, -0.25) is 4.79 Å². The molecule has 0 bridgehead atoms. The van der Waals surface area contributed by atoms with Crippen LogP contribution in [0, 0.1) is 5.92 Å². The lowest BCUT2D eigenvalue weighted by Crippen LogP contribution is -2.33. The molecule has 0 spiro atoms. The number of thiocarbonyl (C=S) groups is 1. The zero-order valence-electron chi connectivity index (χ0n) is 8.12. The number of hydrogen-bond acceptors (Lipinski definition) is 3. The fraction of sp³-hybridized carbons (Fsp3) is 0.333. The molecule has 15 heavy (non-hydrogen) atoms. The monoisotopic (exact) mass is 306 g/mol. The highest BCUT2D eigenvalue weighted by molar-refractivity contribution is 9.11. The fourth-order valence-corrected chi connectivity index (χ4v) is 2.10. The summed E-state index contributed by atoms with van der Waals surface area (Å²) >= 11 is 9.59. The van der Waals surface area contributed by atoms with Gasteiger partial charge in [0.25, 0.3) is 5.91 Å². The summed E-state index contributed by atoms with van der Waals surface area (Å²) < 4.78 is 0.940. The average Bonchev–Trinajstić information content (AvgIpc) is 2.60. The van der Waals surface area contributed by atoms with Crippen molar-refractivity contribution in [3.63, 3.8) is 0 Å². The van der Waals surface area contributed by atoms with E-state index in [9.17, 15) is 4.79 Å². The number of halogens is 1. The molecule has 1 aromatic heterocycles. The van der Waals surface area contributed by atoms with Crippen LogP contribution in [-0.4, -0.2) is 17.4 Å². The van der Waals surface area contributed by atoms with E-state index in [4.69, 9.17) is 18.0 Å². The number of amides is 1. The number of thiophene rings is 1. The molecular formula is C9H11BrN2OS2. The van der Waals surface area contributed by atoms with Crippen LogP contribution in [0.2, 0.25) is 0 Å². The predicted octanol–water partition coefficient (Wildman–Crippen LogP) is 2.16. The largest absolute Gasteiger partial charge is 0.393 e. The first-order valence-corrected chi connectivity index (χ1v) is 6.40. The first-order chi connectivity index (χ1) is 7.00. The molecule has 6 heteroatoms. The van der Waals surface area contributed by atoms with Crippen LogP contribution in [0.25, 0.3) is 0 Å². The Morgan fingerprint density at radius 3 is 2.93 bits per heavy atom. The van der Waals surface area contributed by atoms with Crippen LogP contribution in [-0.2, 0) is 0 Å². The lowest BCUT2D eigenvalue weighted by atomic mass is 10.2. The standard InChI is InChI=1S/C9H11BrN2OS2/c1-5(8(11)14)3-12-9(13)6-2-7(10)15-4-6/h2,4-5H,3H2,1H3,(H2,11,14)(H,12,13). The molecular weight excluding hydrogens is 296 g/mol. The topological polar surface area (TPSA) is 55.1 Å². The van der Waals surface area contributed by atoms with Gasteiger partial charge in [0.15, 0.2) is 0 Å². The van der Waals surface area contributed by atoms with Gasteiger partial charge in [0.1, 0.15) is 0 Å². The van der Waals surface area contributed by atoms with E-state index < -0.39 is 0 Å². The van der Waals surface area contributed by atoms with E-state index in [2.05, 4.69) is 21.2 Å². The highest BCUT2D eigenvalue weighted by Crippen LogP contribution is 2.20. The van der Waals surface area contributed by atoms with Crippen molar-refractivity contribution >= 4 is 50.4 Å². The van der Waals surface area contributed by atoms with Gasteiger partial charge in [0.2, 0.25) is 0 Å². The normalized spacial score (nSPS) is 12.1. The SMILES string of the molecule is CC(CNC(=O)c1csc(Br)c1)C(N)=S. The van der Waals surface area contributed by atoms with E-state index in [0.717, 1.165) is 3.79 Å². The third kappa shape index (κ3) is 3.89. The average molecular weight is 307 g/mol. The van der Waals surface area contributed by atoms with Crippen LogP contribution in [0.4, 0.5) is 0 Å². The number of rotatable bonds is 4. The molecule has 3 N–H and O–H groups in total. The molecule has 0 aliphatic rings. The Kier molecular flexibility index (Phi) is 4.69. The molecule has 0 aliphatic carbocycles. The van der Waals surface area contributed by atoms with Gasteiger partial charge < -0.3 is 11.1 Å². The molecule has 0 saturated carbocycles. The Hall–Kier alpha value is -0.460. The number of nitrogens with one attached hydrogen (secondary N) is 1. The number of carbonyl (C=O) groups excluding carboxylic acids is 1. The lowest BCUT2D eigenvalue weighted by Gasteiger charge is -2.09. The van der Waals surface area contributed by atoms with Crippen molar-refractivity contribution in [1.82, 2.24) is 5.32 Å². The Morgan fingerprint density at radius 1 is 1.80 bits per heavy atom. The number of nitrogens with two attached hydrogens (primary N) is 1. The Bertz CT molecular complexity index is 378. The molecule has 1 amide bonds. The third-order valence-corrected chi connectivity index (χ3v) is 3.79. The van der Waals surface area contributed by atoms with Gasteiger partial charge in [-0.05, 0) is 22.0 Å². The summed E-state index contributed by atoms with van der Waals surface area (Å²) in [4.78, 5) is 12.0. The van der Waals surface area contributed by atoms with Gasteiger partial charge in [0, 0.05) is 17.8 Å². The van der Waals surface area contributed by atoms with Gasteiger partial charge >= 0.3 is 0 Å². The molecule has 0 fully saturated rings. The van der Waals surface area contributed by atoms with E-state index in [0.29, 0.717) is 17.1 Å². The zero-order chi connectivity index (χ0) is 11.4. The highest BCUT2D eigenvalue weighted by Gasteiger charge is 2.10. The molecule has 1 atom stereocenters. The van der Waals surface area contributed by atoms with Crippen molar-refractivity contribution in [2.45, 2.75) is 6.92 Å². The summed E-state index contributed by atoms with van der Waals surface area (Å²) in [6, 6.07) is 1.78. The minimum absolute atomic E-state index is 0.0195. The number of carbonyl (C=O) groups is 1. The van der Waals surface area contributed by atoms with Crippen molar-refractivity contribution in [3.8, 4) is 0 Å². The van der Waals surface area contributed by atoms with Crippen molar-refractivity contribution in [2.75, 3.05) is 6.54 Å². The Morgan fingerprint density at radius 2 is 2.47 bits per heavy atom. The molecule has 82 valence electrons. The van der Waals surface area contributed by atoms with E-state index >= 15 is 0 Å². The van der Waals surface area contributed by atoms with Crippen LogP contribution >= 0.6 is 39.5 Å². The predicted molar refractivity (Wildman–Crippen MR) is 70.3 cm³/mol. The summed E-state index contributed by atoms with van der Waals surface area (Å²) in [5, 5.41) is 4.57. The molecule has 1 rings (SSSR count). The van der Waals surface area contributed by atoms with Crippen molar-refractivity contribution in [2.24, 2.45) is 11.7 Å². The highest BCUT2D eigenvalue weighted by atomic mass is 79.9. The van der Waals surface area contributed by atoms with Gasteiger partial charge in [-0.1, -0.05) is 19.1 Å². The van der Waals surface area contributed by atoms with Crippen LogP contribution in [0.3, 0.4) is 0 Å². The van der Waals surface area contributed by atoms with Crippen LogP contribution in [0.1, 0.15) is 17.3 Å². The molecule has 3 nitrogen and oxygen atoms in total. The minimum Gasteiger partial charge on any atom is -0.393 e. The summed E-state index contributed by atoms with van der Waals surface area (Å²) in [5.74, 6) is -0.0777. The molecule has 0 radical (unpaired) electrons. The first kappa shape index (κ1) is 12.6. The summed E-state index contributed by atoms with van der Waals surface area (Å²) in [7, 11) is 0. The van der Waals surface area contributed by atoms with Crippen LogP contribution in [0.15, 0.2) is 15.2 Å². The molecule has 0 aromatic carbocycles. The Balaban J connectivity index is 2.47. The van der Waals surface area contributed by atoms with Crippen molar-refractivity contribution in [3.05, 3.63) is 20.8 Å². The second-order valence-electron chi connectivity index (χ2n) is 3.15. The van der Waals surface area contributed by atoms with E-state index in [1.165, 1.54) is 11.3 Å². The molecule has 1 heterocycles. The van der Waals surface area contributed by atoms with E-state index in [1.807, 2.05) is 6.92 Å². The quantitative estimate of drug-likeness (QED) is 0.838. The van der Waals surface area contributed by atoms with Crippen molar-refractivity contribution in [1.29, 1.82) is 0 Å². The second-order valence-corrected chi connectivity index (χ2v) is 5.91. The minimum atomic E-state index is -0.0972. The van der Waals surface area contributed by atoms with E-state index in [1.54, 1.807) is 11.4 Å². The fourth-order valence-electron chi connectivity index (χ4n) is 0.878. The van der Waals surface area contributed by atoms with Crippen LogP contribution < -0.4 is 11.1 Å². The van der Waals surface area contributed by atoms with Gasteiger partial charge in [0.05, 0.1) is 14.3 Å². The van der Waals surface area contributed by atoms with Gasteiger partial charge in [-0.2, -0.15) is 0 Å². The van der Waals surface area contributed by atoms with E-state index in [-0.39, 0.29) is 11.8 Å². The van der Waals surface area contributed by atoms with Crippen molar-refractivity contribution < 1.29 is 4.79 Å². The number of hydrogen-bond donors (Lipinski definition) is 2.